The second kappa shape index (κ2) is 10.6. The van der Waals surface area contributed by atoms with Gasteiger partial charge in [0.1, 0.15) is 17.7 Å². The summed E-state index contributed by atoms with van der Waals surface area (Å²) in [5, 5.41) is 10.3. The molecule has 1 aliphatic rings. The van der Waals surface area contributed by atoms with E-state index in [1.54, 1.807) is 30.3 Å². The molecule has 0 fully saturated rings. The van der Waals surface area contributed by atoms with E-state index in [0.717, 1.165) is 30.6 Å². The topological polar surface area (TPSA) is 114 Å². The van der Waals surface area contributed by atoms with Crippen LogP contribution in [0.3, 0.4) is 0 Å². The number of benzene rings is 2. The van der Waals surface area contributed by atoms with Gasteiger partial charge in [0, 0.05) is 16.8 Å². The molecule has 3 rings (SSSR count). The Hall–Kier alpha value is -3.06. The van der Waals surface area contributed by atoms with Crippen LogP contribution in [0.4, 0.5) is 5.69 Å². The third-order valence-electron chi connectivity index (χ3n) is 4.67. The number of anilines is 1. The van der Waals surface area contributed by atoms with Crippen LogP contribution in [0.2, 0.25) is 0 Å². The Kier molecular flexibility index (Phi) is 8.24. The number of carbonyl (C=O) groups excluding carboxylic acids is 2. The Bertz CT molecular complexity index is 915. The molecule has 30 heavy (non-hydrogen) atoms. The zero-order valence-corrected chi connectivity index (χ0v) is 17.6. The summed E-state index contributed by atoms with van der Waals surface area (Å²) in [5.41, 5.74) is 8.15. The number of nitrogens with two attached hydrogens (primary N) is 1. The third kappa shape index (κ3) is 5.97. The predicted molar refractivity (Wildman–Crippen MR) is 118 cm³/mol. The molecule has 2 aromatic carbocycles. The number of nitrogens with one attached hydrogen (secondary N) is 2. The molecule has 160 valence electrons. The van der Waals surface area contributed by atoms with Crippen LogP contribution in [-0.4, -0.2) is 30.4 Å². The Balaban J connectivity index is 0.00000320. The summed E-state index contributed by atoms with van der Waals surface area (Å²) in [7, 11) is 0. The van der Waals surface area contributed by atoms with E-state index >= 15 is 0 Å². The molecule has 0 radical (unpaired) electrons. The lowest BCUT2D eigenvalue weighted by Gasteiger charge is -2.26. The molecular formula is C22H26ClN3O4. The Morgan fingerprint density at radius 3 is 2.57 bits per heavy atom. The quantitative estimate of drug-likeness (QED) is 0.351. The van der Waals surface area contributed by atoms with Crippen LogP contribution in [-0.2, 0) is 16.0 Å². The molecule has 8 heteroatoms. The third-order valence-corrected chi connectivity index (χ3v) is 4.67. The molecule has 0 spiro atoms. The van der Waals surface area contributed by atoms with Gasteiger partial charge in [0.2, 0.25) is 0 Å². The number of rotatable bonds is 7. The van der Waals surface area contributed by atoms with Crippen LogP contribution < -0.4 is 15.8 Å². The molecule has 1 amide bonds. The fourth-order valence-electron chi connectivity index (χ4n) is 3.13. The number of fused-ring (bicyclic) bond motifs is 1. The molecule has 1 unspecified atom stereocenters. The van der Waals surface area contributed by atoms with Crippen LogP contribution >= 0.6 is 12.4 Å². The molecule has 2 aromatic rings. The van der Waals surface area contributed by atoms with E-state index in [1.165, 1.54) is 0 Å². The van der Waals surface area contributed by atoms with E-state index in [-0.39, 0.29) is 42.6 Å². The lowest BCUT2D eigenvalue weighted by Crippen LogP contribution is -2.26. The summed E-state index contributed by atoms with van der Waals surface area (Å²) in [6.45, 7) is 2.39. The molecule has 0 saturated heterocycles. The number of hydrogen-bond donors (Lipinski definition) is 3. The van der Waals surface area contributed by atoms with Crippen LogP contribution in [0.15, 0.2) is 42.5 Å². The van der Waals surface area contributed by atoms with Gasteiger partial charge in [-0.3, -0.25) is 15.0 Å². The van der Waals surface area contributed by atoms with Crippen LogP contribution in [0.1, 0.15) is 47.7 Å². The molecule has 1 aliphatic heterocycles. The normalized spacial score (nSPS) is 14.5. The predicted octanol–water partition coefficient (Wildman–Crippen LogP) is 3.68. The lowest BCUT2D eigenvalue weighted by molar-refractivity contribution is -0.145. The number of amides is 1. The minimum atomic E-state index is -0.242. The fourth-order valence-corrected chi connectivity index (χ4v) is 3.13. The number of amidine groups is 1. The van der Waals surface area contributed by atoms with Crippen molar-refractivity contribution in [3.63, 3.8) is 0 Å². The summed E-state index contributed by atoms with van der Waals surface area (Å²) in [6, 6.07) is 12.0. The largest absolute Gasteiger partial charge is 0.490 e. The first-order valence-electron chi connectivity index (χ1n) is 9.67. The molecule has 0 bridgehead atoms. The van der Waals surface area contributed by atoms with Crippen molar-refractivity contribution in [1.29, 1.82) is 5.41 Å². The number of nitrogen functional groups attached to an aromatic ring is 1. The Morgan fingerprint density at radius 1 is 1.20 bits per heavy atom. The highest BCUT2D eigenvalue weighted by atomic mass is 35.5. The van der Waals surface area contributed by atoms with Gasteiger partial charge in [-0.2, -0.15) is 0 Å². The minimum Gasteiger partial charge on any atom is -0.490 e. The van der Waals surface area contributed by atoms with E-state index in [0.29, 0.717) is 23.4 Å². The summed E-state index contributed by atoms with van der Waals surface area (Å²) in [6.07, 6.45) is 2.34. The number of esters is 1. The number of hydrogen-bond acceptors (Lipinski definition) is 5. The van der Waals surface area contributed by atoms with Crippen molar-refractivity contribution >= 4 is 35.8 Å². The van der Waals surface area contributed by atoms with Crippen molar-refractivity contribution in [2.45, 2.75) is 38.7 Å². The van der Waals surface area contributed by atoms with Crippen LogP contribution in [0.5, 0.6) is 5.75 Å². The fraction of sp³-hybridized carbons (Fsp3) is 0.318. The van der Waals surface area contributed by atoms with Gasteiger partial charge in [-0.1, -0.05) is 19.1 Å². The highest BCUT2D eigenvalue weighted by Crippen LogP contribution is 2.31. The van der Waals surface area contributed by atoms with Gasteiger partial charge in [-0.25, -0.2) is 0 Å². The maximum Gasteiger partial charge on any atom is 0.309 e. The highest BCUT2D eigenvalue weighted by molar-refractivity contribution is 6.05. The van der Waals surface area contributed by atoms with Gasteiger partial charge in [0.25, 0.3) is 5.91 Å². The van der Waals surface area contributed by atoms with Gasteiger partial charge >= 0.3 is 5.97 Å². The standard InChI is InChI=1S/C22H25N3O4.ClH/c1-2-11-28-20(26)13-18-9-7-16-12-17(8-10-19(16)29-18)25-22(27)15-5-3-14(4-6-15)21(23)24;/h3-6,8,10,12,18H,2,7,9,11,13H2,1H3,(H3,23,24)(H,25,27);1H. The van der Waals surface area contributed by atoms with Crippen molar-refractivity contribution in [2.24, 2.45) is 5.73 Å². The van der Waals surface area contributed by atoms with Crippen LogP contribution in [0.25, 0.3) is 0 Å². The summed E-state index contributed by atoms with van der Waals surface area (Å²) < 4.78 is 11.0. The van der Waals surface area contributed by atoms with E-state index < -0.39 is 0 Å². The summed E-state index contributed by atoms with van der Waals surface area (Å²) >= 11 is 0. The van der Waals surface area contributed by atoms with Gasteiger partial charge in [0.05, 0.1) is 13.0 Å². The average molecular weight is 432 g/mol. The second-order valence-electron chi connectivity index (χ2n) is 6.97. The first-order chi connectivity index (χ1) is 14.0. The summed E-state index contributed by atoms with van der Waals surface area (Å²) in [5.74, 6) is 0.213. The van der Waals surface area contributed by atoms with Crippen LogP contribution in [0, 0.1) is 5.41 Å². The maximum absolute atomic E-state index is 12.4. The monoisotopic (exact) mass is 431 g/mol. The van der Waals surface area contributed by atoms with E-state index in [4.69, 9.17) is 20.6 Å². The van der Waals surface area contributed by atoms with Gasteiger partial charge in [-0.15, -0.1) is 12.4 Å². The van der Waals surface area contributed by atoms with Crippen molar-refractivity contribution in [3.05, 3.63) is 59.2 Å². The van der Waals surface area contributed by atoms with Gasteiger partial charge in [0.15, 0.2) is 0 Å². The van der Waals surface area contributed by atoms with Crippen molar-refractivity contribution in [3.8, 4) is 5.75 Å². The number of halogens is 1. The highest BCUT2D eigenvalue weighted by Gasteiger charge is 2.23. The second-order valence-corrected chi connectivity index (χ2v) is 6.97. The molecular weight excluding hydrogens is 406 g/mol. The molecule has 0 aromatic heterocycles. The molecule has 0 saturated carbocycles. The molecule has 1 atom stereocenters. The molecule has 7 nitrogen and oxygen atoms in total. The summed E-state index contributed by atoms with van der Waals surface area (Å²) in [4.78, 5) is 24.2. The number of aryl methyl sites for hydroxylation is 1. The smallest absolute Gasteiger partial charge is 0.309 e. The zero-order chi connectivity index (χ0) is 20.8. The maximum atomic E-state index is 12.4. The van der Waals surface area contributed by atoms with Gasteiger partial charge in [-0.05, 0) is 55.2 Å². The number of carbonyl (C=O) groups is 2. The SMILES string of the molecule is CCCOC(=O)CC1CCc2cc(NC(=O)c3ccc(C(=N)N)cc3)ccc2O1.Cl. The molecule has 1 heterocycles. The minimum absolute atomic E-state index is 0. The first-order valence-corrected chi connectivity index (χ1v) is 9.67. The van der Waals surface area contributed by atoms with E-state index in [1.807, 2.05) is 19.1 Å². The van der Waals surface area contributed by atoms with E-state index in [9.17, 15) is 9.59 Å². The first kappa shape index (κ1) is 23.2. The molecule has 4 N–H and O–H groups in total. The van der Waals surface area contributed by atoms with Crippen molar-refractivity contribution in [2.75, 3.05) is 11.9 Å². The van der Waals surface area contributed by atoms with Crippen molar-refractivity contribution in [1.82, 2.24) is 0 Å². The Morgan fingerprint density at radius 2 is 1.90 bits per heavy atom. The van der Waals surface area contributed by atoms with Gasteiger partial charge < -0.3 is 20.5 Å². The Labute approximate surface area is 181 Å². The zero-order valence-electron chi connectivity index (χ0n) is 16.8. The number of ether oxygens (including phenoxy) is 2. The average Bonchev–Trinajstić information content (AvgIpc) is 2.72. The lowest BCUT2D eigenvalue weighted by atomic mass is 10.00. The molecule has 0 aliphatic carbocycles. The van der Waals surface area contributed by atoms with E-state index in [2.05, 4.69) is 5.32 Å². The van der Waals surface area contributed by atoms with Crippen molar-refractivity contribution < 1.29 is 19.1 Å².